The van der Waals surface area contributed by atoms with E-state index in [1.54, 1.807) is 6.07 Å². The largest absolute Gasteiger partial charge is 0.317 e. The second kappa shape index (κ2) is 5.21. The Kier molecular flexibility index (Phi) is 3.31. The van der Waals surface area contributed by atoms with Crippen LogP contribution in [0.2, 0.25) is 0 Å². The van der Waals surface area contributed by atoms with Gasteiger partial charge in [-0.2, -0.15) is 5.10 Å². The fourth-order valence-electron chi connectivity index (χ4n) is 3.34. The highest BCUT2D eigenvalue weighted by Crippen LogP contribution is 2.31. The lowest BCUT2D eigenvalue weighted by Crippen LogP contribution is -2.28. The molecule has 0 atom stereocenters. The first kappa shape index (κ1) is 14.0. The summed E-state index contributed by atoms with van der Waals surface area (Å²) in [7, 11) is 0. The molecule has 1 aromatic carbocycles. The van der Waals surface area contributed by atoms with Crippen molar-refractivity contribution < 1.29 is 0 Å². The van der Waals surface area contributed by atoms with E-state index in [1.807, 2.05) is 23.6 Å². The number of rotatable bonds is 1. The molecule has 0 saturated carbocycles. The number of nitrogens with zero attached hydrogens (tertiary/aromatic N) is 2. The highest BCUT2D eigenvalue weighted by molar-refractivity contribution is 9.10. The van der Waals surface area contributed by atoms with Crippen LogP contribution in [0.4, 0.5) is 0 Å². The van der Waals surface area contributed by atoms with Gasteiger partial charge in [0, 0.05) is 16.5 Å². The Labute approximate surface area is 135 Å². The minimum absolute atomic E-state index is 0.0590. The maximum absolute atomic E-state index is 12.2. The number of H-pyrrole nitrogens is 1. The number of hydrogen-bond acceptors (Lipinski definition) is 3. The fourth-order valence-corrected chi connectivity index (χ4v) is 3.85. The summed E-state index contributed by atoms with van der Waals surface area (Å²) in [6.07, 6.45) is 2.07. The van der Waals surface area contributed by atoms with Gasteiger partial charge in [0.1, 0.15) is 5.65 Å². The van der Waals surface area contributed by atoms with Gasteiger partial charge < -0.3 is 10.3 Å². The summed E-state index contributed by atoms with van der Waals surface area (Å²) in [6, 6.07) is 5.76. The quantitative estimate of drug-likeness (QED) is 0.701. The molecule has 1 fully saturated rings. The number of fused-ring (bicyclic) bond motifs is 3. The highest BCUT2D eigenvalue weighted by Gasteiger charge is 2.21. The molecule has 1 aliphatic heterocycles. The maximum Gasteiger partial charge on any atom is 0.251 e. The van der Waals surface area contributed by atoms with E-state index < -0.39 is 0 Å². The van der Waals surface area contributed by atoms with Crippen molar-refractivity contribution >= 4 is 32.5 Å². The monoisotopic (exact) mass is 360 g/mol. The van der Waals surface area contributed by atoms with Crippen molar-refractivity contribution in [2.75, 3.05) is 13.1 Å². The van der Waals surface area contributed by atoms with Crippen LogP contribution < -0.4 is 10.9 Å². The van der Waals surface area contributed by atoms with E-state index in [1.165, 1.54) is 0 Å². The van der Waals surface area contributed by atoms with E-state index in [9.17, 15) is 4.79 Å². The van der Waals surface area contributed by atoms with E-state index >= 15 is 0 Å². The number of aromatic amines is 1. The summed E-state index contributed by atoms with van der Waals surface area (Å²) < 4.78 is 2.89. The molecule has 0 amide bonds. The Morgan fingerprint density at radius 3 is 2.86 bits per heavy atom. The SMILES string of the molecule is Cc1ccc(Br)c2c1nn1c(C3CCNCC3)cc(=O)[nH]c21. The first-order valence-corrected chi connectivity index (χ1v) is 8.36. The van der Waals surface area contributed by atoms with Gasteiger partial charge >= 0.3 is 0 Å². The minimum Gasteiger partial charge on any atom is -0.317 e. The van der Waals surface area contributed by atoms with E-state index in [-0.39, 0.29) is 5.56 Å². The lowest BCUT2D eigenvalue weighted by Gasteiger charge is -2.23. The summed E-state index contributed by atoms with van der Waals surface area (Å²) in [4.78, 5) is 15.1. The molecule has 1 saturated heterocycles. The van der Waals surface area contributed by atoms with Gasteiger partial charge in [0.05, 0.1) is 16.6 Å². The summed E-state index contributed by atoms with van der Waals surface area (Å²) in [5.41, 5.74) is 3.79. The van der Waals surface area contributed by atoms with Crippen LogP contribution in [0, 0.1) is 6.92 Å². The number of piperidine rings is 1. The Morgan fingerprint density at radius 1 is 1.32 bits per heavy atom. The molecule has 114 valence electrons. The molecular weight excluding hydrogens is 344 g/mol. The zero-order valence-electron chi connectivity index (χ0n) is 12.3. The smallest absolute Gasteiger partial charge is 0.251 e. The zero-order chi connectivity index (χ0) is 15.3. The van der Waals surface area contributed by atoms with Crippen LogP contribution in [0.15, 0.2) is 27.5 Å². The number of nitrogens with one attached hydrogen (secondary N) is 2. The minimum atomic E-state index is -0.0590. The van der Waals surface area contributed by atoms with E-state index in [4.69, 9.17) is 5.10 Å². The van der Waals surface area contributed by atoms with Gasteiger partial charge in [0.15, 0.2) is 0 Å². The number of aryl methyl sites for hydroxylation is 1. The van der Waals surface area contributed by atoms with Crippen LogP contribution >= 0.6 is 15.9 Å². The molecule has 1 aliphatic rings. The summed E-state index contributed by atoms with van der Waals surface area (Å²) in [5, 5.41) is 9.14. The van der Waals surface area contributed by atoms with Gasteiger partial charge in [-0.15, -0.1) is 0 Å². The fraction of sp³-hybridized carbons (Fsp3) is 0.375. The molecule has 0 spiro atoms. The molecular formula is C16H17BrN4O. The summed E-state index contributed by atoms with van der Waals surface area (Å²) in [6.45, 7) is 4.02. The Morgan fingerprint density at radius 2 is 2.09 bits per heavy atom. The van der Waals surface area contributed by atoms with Crippen molar-refractivity contribution in [1.29, 1.82) is 0 Å². The zero-order valence-corrected chi connectivity index (χ0v) is 13.9. The first-order chi connectivity index (χ1) is 10.6. The van der Waals surface area contributed by atoms with Crippen LogP contribution in [-0.2, 0) is 0 Å². The average Bonchev–Trinajstić information content (AvgIpc) is 2.91. The van der Waals surface area contributed by atoms with E-state index in [2.05, 4.69) is 26.2 Å². The van der Waals surface area contributed by atoms with Gasteiger partial charge in [-0.3, -0.25) is 4.79 Å². The first-order valence-electron chi connectivity index (χ1n) is 7.56. The molecule has 22 heavy (non-hydrogen) atoms. The van der Waals surface area contributed by atoms with Gasteiger partial charge in [-0.05, 0) is 60.4 Å². The van der Waals surface area contributed by atoms with Crippen LogP contribution in [0.3, 0.4) is 0 Å². The molecule has 0 bridgehead atoms. The van der Waals surface area contributed by atoms with Gasteiger partial charge in [-0.25, -0.2) is 4.52 Å². The normalized spacial score (nSPS) is 16.6. The van der Waals surface area contributed by atoms with Crippen molar-refractivity contribution in [2.45, 2.75) is 25.7 Å². The molecule has 0 unspecified atom stereocenters. The molecule has 5 nitrogen and oxygen atoms in total. The second-order valence-electron chi connectivity index (χ2n) is 5.93. The Bertz CT molecular complexity index is 921. The molecule has 2 N–H and O–H groups in total. The van der Waals surface area contributed by atoms with Crippen LogP contribution in [0.25, 0.3) is 16.6 Å². The van der Waals surface area contributed by atoms with Gasteiger partial charge in [0.2, 0.25) is 0 Å². The molecule has 2 aromatic heterocycles. The highest BCUT2D eigenvalue weighted by atomic mass is 79.9. The van der Waals surface area contributed by atoms with Gasteiger partial charge in [-0.1, -0.05) is 6.07 Å². The van der Waals surface area contributed by atoms with Gasteiger partial charge in [0.25, 0.3) is 5.56 Å². The molecule has 0 aliphatic carbocycles. The third-order valence-corrected chi connectivity index (χ3v) is 5.16. The molecule has 0 radical (unpaired) electrons. The van der Waals surface area contributed by atoms with Crippen LogP contribution in [0.5, 0.6) is 0 Å². The van der Waals surface area contributed by atoms with E-state index in [0.29, 0.717) is 5.92 Å². The van der Waals surface area contributed by atoms with Crippen LogP contribution in [0.1, 0.15) is 30.0 Å². The van der Waals surface area contributed by atoms with Crippen molar-refractivity contribution in [3.05, 3.63) is 44.3 Å². The number of benzene rings is 1. The predicted octanol–water partition coefficient (Wildman–Crippen LogP) is 2.71. The Hall–Kier alpha value is -1.66. The standard InChI is InChI=1S/C16H17BrN4O/c1-9-2-3-11(17)14-15(9)20-21-12(8-13(22)19-16(14)21)10-4-6-18-7-5-10/h2-3,8,10,18H,4-7H2,1H3,(H,19,22). The second-order valence-corrected chi connectivity index (χ2v) is 6.79. The average molecular weight is 361 g/mol. The van der Waals surface area contributed by atoms with Crippen LogP contribution in [-0.4, -0.2) is 27.7 Å². The van der Waals surface area contributed by atoms with E-state index in [0.717, 1.165) is 58.2 Å². The molecule has 4 rings (SSSR count). The topological polar surface area (TPSA) is 62.2 Å². The van der Waals surface area contributed by atoms with Crippen molar-refractivity contribution in [2.24, 2.45) is 0 Å². The van der Waals surface area contributed by atoms with Crippen molar-refractivity contribution in [3.63, 3.8) is 0 Å². The maximum atomic E-state index is 12.2. The molecule has 3 aromatic rings. The third-order valence-electron chi connectivity index (χ3n) is 4.50. The lowest BCUT2D eigenvalue weighted by atomic mass is 9.94. The molecule has 3 heterocycles. The van der Waals surface area contributed by atoms with Crippen molar-refractivity contribution in [3.8, 4) is 0 Å². The number of halogens is 1. The lowest BCUT2D eigenvalue weighted by molar-refractivity contribution is 0.446. The van der Waals surface area contributed by atoms with Crippen molar-refractivity contribution in [1.82, 2.24) is 19.9 Å². The summed E-state index contributed by atoms with van der Waals surface area (Å²) in [5.74, 6) is 0.374. The predicted molar refractivity (Wildman–Crippen MR) is 90.6 cm³/mol. The number of aromatic nitrogens is 3. The third kappa shape index (κ3) is 2.09. The molecule has 6 heteroatoms. The number of hydrogen-bond donors (Lipinski definition) is 2. The summed E-state index contributed by atoms with van der Waals surface area (Å²) >= 11 is 3.59. The Balaban J connectivity index is 2.07.